The summed E-state index contributed by atoms with van der Waals surface area (Å²) < 4.78 is 30.6. The van der Waals surface area contributed by atoms with Gasteiger partial charge in [-0.05, 0) is 33.3 Å². The molecule has 0 aromatic carbocycles. The molecule has 130 valence electrons. The molecule has 0 saturated carbocycles. The monoisotopic (exact) mass is 335 g/mol. The predicted molar refractivity (Wildman–Crippen MR) is 81.7 cm³/mol. The van der Waals surface area contributed by atoms with Crippen LogP contribution in [0.4, 0.5) is 0 Å². The first-order chi connectivity index (χ1) is 12.2. The highest BCUT2D eigenvalue weighted by Crippen LogP contribution is 2.13. The van der Waals surface area contributed by atoms with E-state index in [1.54, 1.807) is 14.1 Å². The maximum absolute atomic E-state index is 12.6. The summed E-state index contributed by atoms with van der Waals surface area (Å²) in [6.45, 7) is 0.418. The summed E-state index contributed by atoms with van der Waals surface area (Å²) in [4.78, 5) is 54.2. The Balaban J connectivity index is 3.08. The van der Waals surface area contributed by atoms with E-state index in [9.17, 15) is 19.2 Å². The van der Waals surface area contributed by atoms with E-state index in [2.05, 4.69) is 4.84 Å². The SMILES string of the molecule is [2H]C([2H])([2H])C([2H])(NC(=[18O])C(CC(C)C)N(C)C)C(=[18O])ON1C(=O)CCC1=O. The maximum Gasteiger partial charge on any atom is 0.354 e. The van der Waals surface area contributed by atoms with Crippen molar-refractivity contribution in [1.29, 1.82) is 0 Å². The Morgan fingerprint density at radius 1 is 1.39 bits per heavy atom. The van der Waals surface area contributed by atoms with Gasteiger partial charge in [0.05, 0.1) is 7.41 Å². The first-order valence-corrected chi connectivity index (χ1v) is 7.27. The lowest BCUT2D eigenvalue weighted by molar-refractivity contribution is -0.198. The van der Waals surface area contributed by atoms with Crippen molar-refractivity contribution in [2.24, 2.45) is 5.92 Å². The number of carbonyl (C=O) groups excluding carboxylic acids is 4. The number of hydroxylamine groups is 2. The molecule has 23 heavy (non-hydrogen) atoms. The van der Waals surface area contributed by atoms with Crippen molar-refractivity contribution < 1.29 is 29.5 Å². The van der Waals surface area contributed by atoms with Crippen molar-refractivity contribution in [1.82, 2.24) is 15.3 Å². The molecule has 0 aliphatic carbocycles. The summed E-state index contributed by atoms with van der Waals surface area (Å²) in [5, 5.41) is 2.06. The molecule has 2 unspecified atom stereocenters. The largest absolute Gasteiger partial charge is 0.354 e. The molecule has 0 aromatic heterocycles. The first-order valence-electron chi connectivity index (χ1n) is 9.27. The third-order valence-electron chi connectivity index (χ3n) is 3.25. The van der Waals surface area contributed by atoms with Gasteiger partial charge in [-0.25, -0.2) is 4.79 Å². The number of hydrogen-bond donors (Lipinski definition) is 1. The van der Waals surface area contributed by atoms with Crippen molar-refractivity contribution in [3.05, 3.63) is 0 Å². The summed E-state index contributed by atoms with van der Waals surface area (Å²) in [7, 11) is 3.21. The van der Waals surface area contributed by atoms with Crippen LogP contribution >= 0.6 is 0 Å². The van der Waals surface area contributed by atoms with E-state index in [1.807, 2.05) is 19.2 Å². The van der Waals surface area contributed by atoms with E-state index >= 15 is 0 Å². The number of nitrogens with zero attached hydrogens (tertiary/aromatic N) is 2. The fraction of sp³-hybridized carbons (Fsp3) is 0.733. The topological polar surface area (TPSA) is 96.0 Å². The van der Waals surface area contributed by atoms with Crippen molar-refractivity contribution in [3.8, 4) is 0 Å². The summed E-state index contributed by atoms with van der Waals surface area (Å²) in [5.41, 5.74) is 0. The molecular weight excluding hydrogens is 306 g/mol. The average molecular weight is 335 g/mol. The number of rotatable bonds is 7. The van der Waals surface area contributed by atoms with Crippen molar-refractivity contribution in [2.45, 2.75) is 52.0 Å². The molecule has 1 aliphatic heterocycles. The minimum atomic E-state index is -3.31. The lowest BCUT2D eigenvalue weighted by Crippen LogP contribution is -2.50. The van der Waals surface area contributed by atoms with Gasteiger partial charge in [0.2, 0.25) is 5.91 Å². The zero-order valence-electron chi connectivity index (χ0n) is 17.7. The van der Waals surface area contributed by atoms with E-state index in [1.165, 1.54) is 4.90 Å². The molecule has 1 aliphatic rings. The predicted octanol–water partition coefficient (Wildman–Crippen LogP) is 0.0746. The first kappa shape index (κ1) is 13.5. The van der Waals surface area contributed by atoms with Crippen LogP contribution in [0.3, 0.4) is 0 Å². The van der Waals surface area contributed by atoms with Gasteiger partial charge in [0, 0.05) is 17.0 Å². The number of amides is 3. The van der Waals surface area contributed by atoms with E-state index in [0.29, 0.717) is 6.42 Å². The van der Waals surface area contributed by atoms with Crippen LogP contribution in [-0.2, 0) is 24.0 Å². The van der Waals surface area contributed by atoms with Gasteiger partial charge in [0.25, 0.3) is 11.8 Å². The van der Waals surface area contributed by atoms with Crippen molar-refractivity contribution >= 4 is 23.7 Å². The second-order valence-corrected chi connectivity index (χ2v) is 5.93. The molecule has 0 radical (unpaired) electrons. The van der Waals surface area contributed by atoms with E-state index in [4.69, 9.17) is 5.48 Å². The molecule has 2 atom stereocenters. The lowest BCUT2D eigenvalue weighted by atomic mass is 10.0. The second-order valence-electron chi connectivity index (χ2n) is 5.93. The quantitative estimate of drug-likeness (QED) is 0.523. The van der Waals surface area contributed by atoms with Crippen LogP contribution in [0, 0.1) is 5.92 Å². The molecule has 0 bridgehead atoms. The molecule has 1 fully saturated rings. The standard InChI is InChI=1S/C15H25N3O5/c1-9(2)8-11(17(4)5)14(21)16-10(3)15(22)23-18-12(19)6-7-13(18)20/h9-11H,6-8H2,1-5H3,(H,16,21)/i3D3,10D,21+2,22+2. The third-order valence-corrected chi connectivity index (χ3v) is 3.25. The zero-order valence-corrected chi connectivity index (χ0v) is 13.7. The van der Waals surface area contributed by atoms with Gasteiger partial charge in [-0.2, -0.15) is 0 Å². The summed E-state index contributed by atoms with van der Waals surface area (Å²) in [6, 6.07) is -3.97. The Labute approximate surface area is 141 Å². The van der Waals surface area contributed by atoms with E-state index in [-0.39, 0.29) is 23.8 Å². The molecule has 1 saturated heterocycles. The Hall–Kier alpha value is -1.96. The van der Waals surface area contributed by atoms with Gasteiger partial charge in [-0.1, -0.05) is 13.8 Å². The van der Waals surface area contributed by atoms with Crippen LogP contribution in [0.15, 0.2) is 0 Å². The van der Waals surface area contributed by atoms with E-state index in [0.717, 1.165) is 0 Å². The summed E-state index contributed by atoms with van der Waals surface area (Å²) in [6.07, 6.45) is -0.0171. The zero-order chi connectivity index (χ0) is 21.2. The highest BCUT2D eigenvalue weighted by molar-refractivity contribution is 6.02. The Morgan fingerprint density at radius 3 is 2.39 bits per heavy atom. The van der Waals surface area contributed by atoms with Crippen LogP contribution in [-0.4, -0.2) is 59.8 Å². The number of likely N-dealkylation sites (N-methyl/N-ethyl adjacent to an activating group) is 1. The number of carbonyl (C=O) groups is 4. The Bertz CT molecular complexity index is 607. The van der Waals surface area contributed by atoms with Gasteiger partial charge < -0.3 is 10.2 Å². The van der Waals surface area contributed by atoms with Crippen molar-refractivity contribution in [2.75, 3.05) is 14.1 Å². The molecular formula is C15H25N3O5. The summed E-state index contributed by atoms with van der Waals surface area (Å²) in [5.74, 6) is -4.14. The highest BCUT2D eigenvalue weighted by atomic mass is 18.1. The normalized spacial score (nSPS) is 22.1. The molecule has 1 heterocycles. The minimum Gasteiger partial charge on any atom is -0.341 e. The molecule has 0 spiro atoms. The van der Waals surface area contributed by atoms with Crippen LogP contribution in [0.5, 0.6) is 0 Å². The second kappa shape index (κ2) is 8.05. The van der Waals surface area contributed by atoms with Crippen LogP contribution in [0.25, 0.3) is 0 Å². The number of imide groups is 1. The van der Waals surface area contributed by atoms with Crippen LogP contribution in [0.1, 0.15) is 45.4 Å². The number of nitrogens with one attached hydrogen (secondary N) is 1. The molecule has 8 heteroatoms. The van der Waals surface area contributed by atoms with Crippen LogP contribution < -0.4 is 5.32 Å². The molecule has 1 N–H and O–H groups in total. The lowest BCUT2D eigenvalue weighted by Gasteiger charge is -2.26. The van der Waals surface area contributed by atoms with Gasteiger partial charge in [-0.15, -0.1) is 5.06 Å². The fourth-order valence-corrected chi connectivity index (χ4v) is 2.04. The van der Waals surface area contributed by atoms with Gasteiger partial charge in [0.1, 0.15) is 6.02 Å². The van der Waals surface area contributed by atoms with Gasteiger partial charge in [-0.3, -0.25) is 19.3 Å². The fourth-order valence-electron chi connectivity index (χ4n) is 2.04. The van der Waals surface area contributed by atoms with Crippen molar-refractivity contribution in [3.63, 3.8) is 0 Å². The maximum atomic E-state index is 12.6. The Kier molecular flexibility index (Phi) is 4.72. The Morgan fingerprint density at radius 2 is 1.96 bits per heavy atom. The molecule has 1 rings (SSSR count). The smallest absolute Gasteiger partial charge is 0.341 e. The minimum absolute atomic E-state index is 0.0860. The third kappa shape index (κ3) is 5.31. The molecule has 8 nitrogen and oxygen atoms in total. The van der Waals surface area contributed by atoms with Gasteiger partial charge in [0.15, 0.2) is 0 Å². The van der Waals surface area contributed by atoms with Gasteiger partial charge >= 0.3 is 5.97 Å². The van der Waals surface area contributed by atoms with Crippen LogP contribution in [0.2, 0.25) is 0 Å². The molecule has 3 amide bonds. The number of hydrogen-bond acceptors (Lipinski definition) is 6. The van der Waals surface area contributed by atoms with E-state index < -0.39 is 42.6 Å². The average Bonchev–Trinajstić information content (AvgIpc) is 2.82. The molecule has 0 aromatic rings. The summed E-state index contributed by atoms with van der Waals surface area (Å²) >= 11 is 0. The highest BCUT2D eigenvalue weighted by Gasteiger charge is 2.34.